The van der Waals surface area contributed by atoms with Crippen molar-refractivity contribution in [3.8, 4) is 5.75 Å². The number of ether oxygens (including phenoxy) is 2. The van der Waals surface area contributed by atoms with Crippen molar-refractivity contribution in [2.75, 3.05) is 12.3 Å². The highest BCUT2D eigenvalue weighted by molar-refractivity contribution is 7.52. The maximum atomic E-state index is 14.8. The third-order valence-electron chi connectivity index (χ3n) is 6.03. The van der Waals surface area contributed by atoms with Gasteiger partial charge in [-0.15, -0.1) is 0 Å². The Kier molecular flexibility index (Phi) is 9.84. The number of para-hydroxylation sites is 1. The van der Waals surface area contributed by atoms with Crippen LogP contribution in [0, 0.1) is 0 Å². The molecule has 0 spiro atoms. The predicted octanol–water partition coefficient (Wildman–Crippen LogP) is 2.69. The topological polar surface area (TPSA) is 164 Å². The van der Waals surface area contributed by atoms with Gasteiger partial charge in [0.05, 0.1) is 6.61 Å². The Morgan fingerprint density at radius 2 is 1.80 bits per heavy atom. The number of carbonyl (C=O) groups is 1. The van der Waals surface area contributed by atoms with Gasteiger partial charge in [-0.3, -0.25) is 13.9 Å². The van der Waals surface area contributed by atoms with E-state index in [9.17, 15) is 28.0 Å². The summed E-state index contributed by atoms with van der Waals surface area (Å²) in [5, 5.41) is 12.8. The maximum absolute atomic E-state index is 14.8. The fraction of sp³-hybridized carbons (Fsp3) is 0.346. The maximum Gasteiger partial charge on any atom is 0.459 e. The van der Waals surface area contributed by atoms with Crippen molar-refractivity contribution in [2.24, 2.45) is 0 Å². The van der Waals surface area contributed by atoms with Gasteiger partial charge in [-0.1, -0.05) is 48.5 Å². The number of nitrogen functional groups attached to an aromatic ring is 1. The summed E-state index contributed by atoms with van der Waals surface area (Å²) in [7, 11) is -4.44. The molecule has 1 aromatic heterocycles. The summed E-state index contributed by atoms with van der Waals surface area (Å²) in [6.07, 6.45) is -9.39. The number of hydrogen-bond acceptors (Lipinski definition) is 10. The van der Waals surface area contributed by atoms with E-state index in [0.29, 0.717) is 4.57 Å². The number of aliphatic hydroxyl groups excluding tert-OH is 1. The number of hydrogen-bond donors (Lipinski definition) is 3. The normalized spacial score (nSPS) is 24.6. The number of rotatable bonds is 11. The SMILES string of the molecule is C[C@H](N[P@@](=O)(OC[C@H]1O[C@@H](n2ccc(N)nc2=O)C(F)[C@@H](F)[C@H]1O)Oc1ccccc1)C(=O)OCc1ccccc1. The molecule has 7 atom stereocenters. The van der Waals surface area contributed by atoms with Gasteiger partial charge in [0.25, 0.3) is 0 Å². The molecule has 1 fully saturated rings. The Hall–Kier alpha value is -3.68. The van der Waals surface area contributed by atoms with Crippen molar-refractivity contribution in [1.29, 1.82) is 0 Å². The second kappa shape index (κ2) is 13.3. The van der Waals surface area contributed by atoms with Gasteiger partial charge in [0, 0.05) is 6.20 Å². The number of halogens is 2. The average molecular weight is 595 g/mol. The first-order valence-corrected chi connectivity index (χ1v) is 14.0. The Morgan fingerprint density at radius 3 is 2.46 bits per heavy atom. The summed E-state index contributed by atoms with van der Waals surface area (Å²) in [5.74, 6) is -0.818. The van der Waals surface area contributed by atoms with E-state index >= 15 is 0 Å². The van der Waals surface area contributed by atoms with Gasteiger partial charge in [0.1, 0.15) is 36.4 Å². The largest absolute Gasteiger partial charge is 0.460 e. The van der Waals surface area contributed by atoms with Gasteiger partial charge < -0.3 is 24.8 Å². The summed E-state index contributed by atoms with van der Waals surface area (Å²) in [4.78, 5) is 28.3. The van der Waals surface area contributed by atoms with E-state index in [0.717, 1.165) is 11.8 Å². The molecule has 1 unspecified atom stereocenters. The number of alkyl halides is 2. The van der Waals surface area contributed by atoms with Crippen LogP contribution in [-0.2, 0) is 30.0 Å². The first kappa shape index (κ1) is 30.3. The van der Waals surface area contributed by atoms with E-state index in [1.165, 1.54) is 25.1 Å². The summed E-state index contributed by atoms with van der Waals surface area (Å²) in [6, 6.07) is 16.7. The lowest BCUT2D eigenvalue weighted by molar-refractivity contribution is -0.218. The smallest absolute Gasteiger partial charge is 0.459 e. The second-order valence-corrected chi connectivity index (χ2v) is 10.8. The van der Waals surface area contributed by atoms with Crippen LogP contribution in [0.3, 0.4) is 0 Å². The van der Waals surface area contributed by atoms with Crippen molar-refractivity contribution in [1.82, 2.24) is 14.6 Å². The Morgan fingerprint density at radius 1 is 1.15 bits per heavy atom. The van der Waals surface area contributed by atoms with Crippen molar-refractivity contribution < 1.29 is 41.8 Å². The molecule has 2 heterocycles. The molecule has 4 rings (SSSR count). The fourth-order valence-corrected chi connectivity index (χ4v) is 5.39. The molecule has 0 radical (unpaired) electrons. The van der Waals surface area contributed by atoms with Gasteiger partial charge in [0.15, 0.2) is 18.6 Å². The highest BCUT2D eigenvalue weighted by Gasteiger charge is 2.48. The number of aliphatic hydroxyl groups is 1. The van der Waals surface area contributed by atoms with Crippen LogP contribution in [0.25, 0.3) is 0 Å². The van der Waals surface area contributed by atoms with Crippen molar-refractivity contribution in [3.63, 3.8) is 0 Å². The quantitative estimate of drug-likeness (QED) is 0.221. The second-order valence-electron chi connectivity index (χ2n) is 9.13. The van der Waals surface area contributed by atoms with Crippen LogP contribution < -0.4 is 21.0 Å². The lowest BCUT2D eigenvalue weighted by Gasteiger charge is -2.39. The molecule has 15 heteroatoms. The molecule has 0 saturated carbocycles. The van der Waals surface area contributed by atoms with E-state index in [2.05, 4.69) is 10.1 Å². The van der Waals surface area contributed by atoms with Crippen molar-refractivity contribution in [3.05, 3.63) is 89.0 Å². The highest BCUT2D eigenvalue weighted by atomic mass is 31.2. The van der Waals surface area contributed by atoms with Gasteiger partial charge in [-0.2, -0.15) is 10.1 Å². The molecule has 0 bridgehead atoms. The molecule has 0 aliphatic carbocycles. The number of esters is 1. The first-order valence-electron chi connectivity index (χ1n) is 12.5. The zero-order chi connectivity index (χ0) is 29.6. The van der Waals surface area contributed by atoms with Gasteiger partial charge in [-0.25, -0.2) is 18.1 Å². The van der Waals surface area contributed by atoms with Crippen LogP contribution in [0.1, 0.15) is 18.7 Å². The molecular weight excluding hydrogens is 565 g/mol. The number of benzene rings is 2. The van der Waals surface area contributed by atoms with E-state index in [-0.39, 0.29) is 18.2 Å². The third-order valence-corrected chi connectivity index (χ3v) is 7.67. The van der Waals surface area contributed by atoms with Crippen molar-refractivity contribution >= 4 is 19.5 Å². The molecule has 1 saturated heterocycles. The minimum Gasteiger partial charge on any atom is -0.460 e. The molecular formula is C26H29F2N4O8P. The first-order chi connectivity index (χ1) is 19.6. The molecule has 41 heavy (non-hydrogen) atoms. The molecule has 220 valence electrons. The van der Waals surface area contributed by atoms with Gasteiger partial charge in [-0.05, 0) is 30.7 Å². The number of carbonyl (C=O) groups excluding carboxylic acids is 1. The monoisotopic (exact) mass is 594 g/mol. The van der Waals surface area contributed by atoms with Crippen LogP contribution in [0.4, 0.5) is 14.6 Å². The molecule has 0 amide bonds. The van der Waals surface area contributed by atoms with E-state index in [4.69, 9.17) is 24.3 Å². The molecule has 4 N–H and O–H groups in total. The van der Waals surface area contributed by atoms with Crippen LogP contribution in [0.5, 0.6) is 5.75 Å². The Bertz CT molecular complexity index is 1420. The van der Waals surface area contributed by atoms with Crippen LogP contribution in [0.15, 0.2) is 77.7 Å². The van der Waals surface area contributed by atoms with Crippen LogP contribution >= 0.6 is 7.75 Å². The minimum absolute atomic E-state index is 0.0401. The van der Waals surface area contributed by atoms with E-state index in [1.807, 2.05) is 6.07 Å². The van der Waals surface area contributed by atoms with Crippen molar-refractivity contribution in [2.45, 2.75) is 50.4 Å². The Balaban J connectivity index is 1.49. The number of nitrogens with two attached hydrogens (primary N) is 1. The lowest BCUT2D eigenvalue weighted by atomic mass is 10.0. The molecule has 1 aliphatic rings. The lowest BCUT2D eigenvalue weighted by Crippen LogP contribution is -2.55. The van der Waals surface area contributed by atoms with E-state index in [1.54, 1.807) is 42.5 Å². The number of nitrogens with one attached hydrogen (secondary N) is 1. The molecule has 3 aromatic rings. The number of anilines is 1. The highest BCUT2D eigenvalue weighted by Crippen LogP contribution is 2.46. The van der Waals surface area contributed by atoms with E-state index < -0.39 is 62.8 Å². The Labute approximate surface area is 233 Å². The van der Waals surface area contributed by atoms with Gasteiger partial charge >= 0.3 is 19.4 Å². The summed E-state index contributed by atoms with van der Waals surface area (Å²) < 4.78 is 65.7. The standard InChI is InChI=1S/C26H29F2N4O8P/c1-16(25(34)37-14-17-8-4-2-5-9-17)31-41(36,40-18-10-6-3-7-11-18)38-15-19-23(33)21(27)22(28)24(39-19)32-13-12-20(29)30-26(32)35/h2-13,16,19,21-24,33H,14-15H2,1H3,(H,31,36)(H2,29,30,35)/t16-,19+,21+,22?,23-,24+,41+/m0/s1. The zero-order valence-electron chi connectivity index (χ0n) is 21.8. The predicted molar refractivity (Wildman–Crippen MR) is 142 cm³/mol. The average Bonchev–Trinajstić information content (AvgIpc) is 2.96. The van der Waals surface area contributed by atoms with Crippen LogP contribution in [-0.4, -0.2) is 57.8 Å². The summed E-state index contributed by atoms with van der Waals surface area (Å²) in [5.41, 5.74) is 5.18. The van der Waals surface area contributed by atoms with Crippen LogP contribution in [0.2, 0.25) is 0 Å². The summed E-state index contributed by atoms with van der Waals surface area (Å²) in [6.45, 7) is 0.540. The number of aromatic nitrogens is 2. The number of nitrogens with zero attached hydrogens (tertiary/aromatic N) is 2. The molecule has 1 aliphatic heterocycles. The van der Waals surface area contributed by atoms with Gasteiger partial charge in [0.2, 0.25) is 0 Å². The molecule has 12 nitrogen and oxygen atoms in total. The third kappa shape index (κ3) is 7.75. The zero-order valence-corrected chi connectivity index (χ0v) is 22.7. The summed E-state index contributed by atoms with van der Waals surface area (Å²) >= 11 is 0. The fourth-order valence-electron chi connectivity index (χ4n) is 3.89. The minimum atomic E-state index is -4.44. The molecule has 2 aromatic carbocycles.